The average Bonchev–Trinajstić information content (AvgIpc) is 3.49. The van der Waals surface area contributed by atoms with E-state index in [-0.39, 0.29) is 36.0 Å². The van der Waals surface area contributed by atoms with Crippen molar-refractivity contribution in [3.05, 3.63) is 59.7 Å². The van der Waals surface area contributed by atoms with E-state index in [0.717, 1.165) is 12.8 Å². The number of halogens is 3. The number of nitrogens with zero attached hydrogens (tertiary/aromatic N) is 4. The maximum Gasteiger partial charge on any atom is 0.433 e. The number of benzene rings is 1. The molecule has 0 unspecified atom stereocenters. The van der Waals surface area contributed by atoms with Gasteiger partial charge >= 0.3 is 6.18 Å². The van der Waals surface area contributed by atoms with Crippen LogP contribution in [0.5, 0.6) is 0 Å². The molecular weight excluding hydrogens is 497 g/mol. The van der Waals surface area contributed by atoms with Crippen molar-refractivity contribution >= 4 is 40.1 Å². The Labute approximate surface area is 217 Å². The van der Waals surface area contributed by atoms with E-state index in [4.69, 9.17) is 0 Å². The van der Waals surface area contributed by atoms with Crippen molar-refractivity contribution in [3.63, 3.8) is 0 Å². The number of aryl methyl sites for hydroxylation is 1. The molecule has 1 aliphatic heterocycles. The minimum atomic E-state index is -4.56. The lowest BCUT2D eigenvalue weighted by atomic mass is 9.74. The number of aliphatic imine (C=N–C) groups is 1. The van der Waals surface area contributed by atoms with Crippen LogP contribution in [0.3, 0.4) is 0 Å². The Morgan fingerprint density at radius 3 is 2.68 bits per heavy atom. The lowest BCUT2D eigenvalue weighted by Gasteiger charge is -2.32. The van der Waals surface area contributed by atoms with Crippen molar-refractivity contribution in [1.29, 1.82) is 0 Å². The predicted octanol–water partition coefficient (Wildman–Crippen LogP) is 4.92. The number of ketones is 1. The molecule has 2 N–H and O–H groups in total. The molecule has 0 bridgehead atoms. The van der Waals surface area contributed by atoms with Gasteiger partial charge in [0.25, 0.3) is 5.91 Å². The zero-order valence-electron chi connectivity index (χ0n) is 21.0. The molecule has 8 nitrogen and oxygen atoms in total. The Bertz CT molecular complexity index is 1470. The number of imidazole rings is 1. The normalized spacial score (nSPS) is 19.1. The molecule has 1 aliphatic carbocycles. The Kier molecular flexibility index (Phi) is 6.77. The molecule has 0 saturated heterocycles. The molecule has 0 radical (unpaired) electrons. The fourth-order valence-corrected chi connectivity index (χ4v) is 5.12. The monoisotopic (exact) mass is 524 g/mol. The molecule has 5 rings (SSSR count). The van der Waals surface area contributed by atoms with Crippen LogP contribution in [-0.2, 0) is 4.79 Å². The van der Waals surface area contributed by atoms with E-state index in [0.29, 0.717) is 46.5 Å². The highest BCUT2D eigenvalue weighted by Crippen LogP contribution is 2.35. The van der Waals surface area contributed by atoms with E-state index in [2.05, 4.69) is 32.5 Å². The number of hydrogen-bond donors (Lipinski definition) is 2. The second kappa shape index (κ2) is 10.0. The third kappa shape index (κ3) is 5.18. The van der Waals surface area contributed by atoms with Crippen LogP contribution in [0.2, 0.25) is 0 Å². The first kappa shape index (κ1) is 25.6. The number of rotatable bonds is 8. The quantitative estimate of drug-likeness (QED) is 0.436. The Hall–Kier alpha value is -4.02. The highest BCUT2D eigenvalue weighted by molar-refractivity contribution is 6.27. The van der Waals surface area contributed by atoms with Crippen LogP contribution in [0.1, 0.15) is 47.8 Å². The van der Waals surface area contributed by atoms with Crippen molar-refractivity contribution in [1.82, 2.24) is 19.7 Å². The average molecular weight is 525 g/mol. The maximum absolute atomic E-state index is 13.4. The minimum absolute atomic E-state index is 0.00842. The SMILES string of the molecule is Cc1cc(Nc2nccn3c(C4=CCN=C4C(F)(F)F)cnc23)ccc1C(=O)NCC(=O)CC1CC(C)C1. The van der Waals surface area contributed by atoms with Gasteiger partial charge in [-0.05, 0) is 55.4 Å². The largest absolute Gasteiger partial charge is 0.433 e. The summed E-state index contributed by atoms with van der Waals surface area (Å²) in [7, 11) is 0. The Balaban J connectivity index is 1.28. The number of anilines is 2. The smallest absolute Gasteiger partial charge is 0.345 e. The Morgan fingerprint density at radius 1 is 1.18 bits per heavy atom. The number of allylic oxidation sites excluding steroid dienone is 1. The molecule has 3 heterocycles. The van der Waals surface area contributed by atoms with Crippen molar-refractivity contribution in [2.45, 2.75) is 39.3 Å². The topological polar surface area (TPSA) is 101 Å². The summed E-state index contributed by atoms with van der Waals surface area (Å²) in [4.78, 5) is 37.0. The van der Waals surface area contributed by atoms with Crippen LogP contribution in [-0.4, -0.2) is 51.0 Å². The summed E-state index contributed by atoms with van der Waals surface area (Å²) >= 11 is 0. The fourth-order valence-electron chi connectivity index (χ4n) is 5.12. The first-order chi connectivity index (χ1) is 18.1. The van der Waals surface area contributed by atoms with Crippen LogP contribution in [0.4, 0.5) is 24.7 Å². The molecule has 2 aromatic heterocycles. The molecule has 0 spiro atoms. The van der Waals surface area contributed by atoms with Crippen LogP contribution in [0.15, 0.2) is 47.9 Å². The zero-order valence-corrected chi connectivity index (χ0v) is 21.0. The number of fused-ring (bicyclic) bond motifs is 1. The van der Waals surface area contributed by atoms with Gasteiger partial charge in [0.05, 0.1) is 25.0 Å². The van der Waals surface area contributed by atoms with E-state index in [1.54, 1.807) is 31.3 Å². The summed E-state index contributed by atoms with van der Waals surface area (Å²) in [6.45, 7) is 3.92. The van der Waals surface area contributed by atoms with Crippen molar-refractivity contribution in [2.24, 2.45) is 16.8 Å². The van der Waals surface area contributed by atoms with Gasteiger partial charge in [-0.1, -0.05) is 13.0 Å². The van der Waals surface area contributed by atoms with Gasteiger partial charge in [0.2, 0.25) is 0 Å². The third-order valence-electron chi connectivity index (χ3n) is 6.94. The molecule has 1 aromatic carbocycles. The number of Topliss-reactive ketones (excluding diaryl/α,β-unsaturated/α-hetero) is 1. The molecule has 3 aromatic rings. The molecular formula is C27H27F3N6O2. The van der Waals surface area contributed by atoms with Gasteiger partial charge in [-0.15, -0.1) is 0 Å². The van der Waals surface area contributed by atoms with Crippen LogP contribution in [0, 0.1) is 18.8 Å². The fraction of sp³-hybridized carbons (Fsp3) is 0.370. The number of alkyl halides is 3. The molecule has 1 saturated carbocycles. The van der Waals surface area contributed by atoms with Crippen molar-refractivity contribution < 1.29 is 22.8 Å². The van der Waals surface area contributed by atoms with Crippen LogP contribution < -0.4 is 10.6 Å². The second-order valence-electron chi connectivity index (χ2n) is 9.94. The summed E-state index contributed by atoms with van der Waals surface area (Å²) in [5.74, 6) is 1.16. The van der Waals surface area contributed by atoms with Crippen molar-refractivity contribution in [2.75, 3.05) is 18.4 Å². The maximum atomic E-state index is 13.4. The first-order valence-electron chi connectivity index (χ1n) is 12.4. The van der Waals surface area contributed by atoms with Crippen LogP contribution >= 0.6 is 0 Å². The van der Waals surface area contributed by atoms with E-state index in [9.17, 15) is 22.8 Å². The van der Waals surface area contributed by atoms with Crippen LogP contribution in [0.25, 0.3) is 11.2 Å². The summed E-state index contributed by atoms with van der Waals surface area (Å²) in [6, 6.07) is 5.11. The second-order valence-corrected chi connectivity index (χ2v) is 9.94. The zero-order chi connectivity index (χ0) is 27.0. The summed E-state index contributed by atoms with van der Waals surface area (Å²) in [5, 5.41) is 5.85. The van der Waals surface area contributed by atoms with Gasteiger partial charge in [0, 0.05) is 35.6 Å². The molecule has 1 amide bonds. The third-order valence-corrected chi connectivity index (χ3v) is 6.94. The van der Waals surface area contributed by atoms with Gasteiger partial charge in [-0.3, -0.25) is 19.0 Å². The highest BCUT2D eigenvalue weighted by atomic mass is 19.4. The van der Waals surface area contributed by atoms with Gasteiger partial charge in [-0.2, -0.15) is 13.2 Å². The molecule has 1 fully saturated rings. The van der Waals surface area contributed by atoms with E-state index in [1.807, 2.05) is 0 Å². The number of carbonyl (C=O) groups excluding carboxylic acids is 2. The molecule has 0 atom stereocenters. The van der Waals surface area contributed by atoms with Gasteiger partial charge in [0.15, 0.2) is 17.2 Å². The predicted molar refractivity (Wildman–Crippen MR) is 138 cm³/mol. The lowest BCUT2D eigenvalue weighted by Crippen LogP contribution is -2.32. The van der Waals surface area contributed by atoms with E-state index >= 15 is 0 Å². The standard InChI is InChI=1S/C27H27F3N6O2/c1-15-9-17(10-15)12-19(37)13-34-26(38)20-4-3-18(11-16(20)2)35-24-25-33-14-22(36(25)8-7-32-24)21-5-6-31-23(21)27(28,29)30/h3-5,7-8,11,14-15,17H,6,9-10,12-13H2,1-2H3,(H,32,35)(H,34,38). The first-order valence-corrected chi connectivity index (χ1v) is 12.4. The molecule has 38 heavy (non-hydrogen) atoms. The summed E-state index contributed by atoms with van der Waals surface area (Å²) < 4.78 is 41.7. The minimum Gasteiger partial charge on any atom is -0.345 e. The van der Waals surface area contributed by atoms with Gasteiger partial charge in [0.1, 0.15) is 5.71 Å². The van der Waals surface area contributed by atoms with Gasteiger partial charge in [-0.25, -0.2) is 9.97 Å². The molecule has 198 valence electrons. The molecule has 11 heteroatoms. The summed E-state index contributed by atoms with van der Waals surface area (Å²) in [6.07, 6.45) is 3.88. The Morgan fingerprint density at radius 2 is 1.97 bits per heavy atom. The lowest BCUT2D eigenvalue weighted by molar-refractivity contribution is -0.119. The van der Waals surface area contributed by atoms with E-state index in [1.165, 1.54) is 22.9 Å². The number of nitrogens with one attached hydrogen (secondary N) is 2. The summed E-state index contributed by atoms with van der Waals surface area (Å²) in [5.41, 5.74) is 1.42. The number of aromatic nitrogens is 3. The molecule has 2 aliphatic rings. The number of hydrogen-bond acceptors (Lipinski definition) is 6. The van der Waals surface area contributed by atoms with Gasteiger partial charge < -0.3 is 10.6 Å². The number of amides is 1. The van der Waals surface area contributed by atoms with E-state index < -0.39 is 11.9 Å². The van der Waals surface area contributed by atoms with Crippen molar-refractivity contribution in [3.8, 4) is 0 Å². The highest BCUT2D eigenvalue weighted by Gasteiger charge is 2.40. The number of carbonyl (C=O) groups is 2.